The topological polar surface area (TPSA) is 86.5 Å². The summed E-state index contributed by atoms with van der Waals surface area (Å²) in [6, 6.07) is 6.06. The van der Waals surface area contributed by atoms with Gasteiger partial charge in [-0.05, 0) is 19.1 Å². The highest BCUT2D eigenvalue weighted by Crippen LogP contribution is 2.12. The van der Waals surface area contributed by atoms with E-state index in [1.54, 1.807) is 12.1 Å². The Balaban J connectivity index is 2.71. The van der Waals surface area contributed by atoms with Crippen LogP contribution in [0.25, 0.3) is 0 Å². The molecule has 0 fully saturated rings. The summed E-state index contributed by atoms with van der Waals surface area (Å²) in [7, 11) is -3.88. The number of nitro groups is 1. The van der Waals surface area contributed by atoms with E-state index in [9.17, 15) is 18.5 Å². The lowest BCUT2D eigenvalue weighted by Gasteiger charge is -2.03. The lowest BCUT2D eigenvalue weighted by Crippen LogP contribution is -2.14. The zero-order chi connectivity index (χ0) is 12.2. The van der Waals surface area contributed by atoms with Crippen molar-refractivity contribution in [1.29, 1.82) is 0 Å². The summed E-state index contributed by atoms with van der Waals surface area (Å²) in [5.41, 5.74) is 0.921. The Kier molecular flexibility index (Phi) is 3.97. The van der Waals surface area contributed by atoms with Crippen molar-refractivity contribution in [2.24, 2.45) is 0 Å². The van der Waals surface area contributed by atoms with E-state index in [4.69, 9.17) is 0 Å². The Labute approximate surface area is 93.1 Å². The van der Waals surface area contributed by atoms with Gasteiger partial charge in [0.15, 0.2) is 0 Å². The number of aryl methyl sites for hydroxylation is 1. The molecule has 0 atom stereocenters. The molecule has 0 aromatic heterocycles. The molecule has 0 saturated heterocycles. The highest BCUT2D eigenvalue weighted by atomic mass is 32.2. The van der Waals surface area contributed by atoms with E-state index in [0.29, 0.717) is 0 Å². The van der Waals surface area contributed by atoms with Crippen molar-refractivity contribution in [3.63, 3.8) is 0 Å². The predicted molar refractivity (Wildman–Crippen MR) is 56.2 cm³/mol. The molecule has 1 aromatic carbocycles. The van der Waals surface area contributed by atoms with Crippen LogP contribution < -0.4 is 0 Å². The van der Waals surface area contributed by atoms with Gasteiger partial charge in [-0.2, -0.15) is 8.42 Å². The Hall–Kier alpha value is -1.47. The van der Waals surface area contributed by atoms with Gasteiger partial charge in [-0.1, -0.05) is 17.7 Å². The molecule has 88 valence electrons. The lowest BCUT2D eigenvalue weighted by atomic mass is 10.2. The van der Waals surface area contributed by atoms with E-state index in [2.05, 4.69) is 4.18 Å². The van der Waals surface area contributed by atoms with Gasteiger partial charge >= 0.3 is 0 Å². The summed E-state index contributed by atoms with van der Waals surface area (Å²) in [5, 5.41) is 10.00. The van der Waals surface area contributed by atoms with Gasteiger partial charge in [-0.15, -0.1) is 0 Å². The lowest BCUT2D eigenvalue weighted by molar-refractivity contribution is -0.481. The predicted octanol–water partition coefficient (Wildman–Crippen LogP) is 0.977. The van der Waals surface area contributed by atoms with Gasteiger partial charge < -0.3 is 0 Å². The molecule has 16 heavy (non-hydrogen) atoms. The molecule has 0 aliphatic carbocycles. The van der Waals surface area contributed by atoms with Crippen LogP contribution in [-0.2, 0) is 14.3 Å². The Bertz CT molecular complexity index is 465. The van der Waals surface area contributed by atoms with Crippen molar-refractivity contribution in [2.45, 2.75) is 11.8 Å². The van der Waals surface area contributed by atoms with Gasteiger partial charge in [0.05, 0.1) is 4.90 Å². The molecule has 0 heterocycles. The summed E-state index contributed by atoms with van der Waals surface area (Å²) in [5.74, 6) is 0. The van der Waals surface area contributed by atoms with Crippen LogP contribution in [0.3, 0.4) is 0 Å². The third-order valence-corrected chi connectivity index (χ3v) is 3.15. The van der Waals surface area contributed by atoms with Gasteiger partial charge in [-0.3, -0.25) is 14.3 Å². The van der Waals surface area contributed by atoms with Gasteiger partial charge in [0.1, 0.15) is 6.61 Å². The fourth-order valence-electron chi connectivity index (χ4n) is 0.994. The standard InChI is InChI=1S/C9H11NO5S/c1-8-2-4-9(5-3-8)16(13,14)15-7-6-10(11)12/h2-5H,6-7H2,1H3. The molecule has 0 aliphatic rings. The van der Waals surface area contributed by atoms with Crippen LogP contribution in [0.1, 0.15) is 5.56 Å². The Morgan fingerprint density at radius 1 is 1.31 bits per heavy atom. The zero-order valence-electron chi connectivity index (χ0n) is 8.62. The molecule has 1 rings (SSSR count). The fourth-order valence-corrected chi connectivity index (χ4v) is 1.89. The smallest absolute Gasteiger partial charge is 0.264 e. The molecule has 0 amide bonds. The van der Waals surface area contributed by atoms with Crippen molar-refractivity contribution in [3.8, 4) is 0 Å². The van der Waals surface area contributed by atoms with Crippen molar-refractivity contribution in [3.05, 3.63) is 39.9 Å². The summed E-state index contributed by atoms with van der Waals surface area (Å²) in [6.45, 7) is 0.832. The monoisotopic (exact) mass is 245 g/mol. The SMILES string of the molecule is Cc1ccc(S(=O)(=O)OCC[N+](=O)[O-])cc1. The average Bonchev–Trinajstić information content (AvgIpc) is 2.17. The minimum absolute atomic E-state index is 0.00134. The second-order valence-electron chi connectivity index (χ2n) is 3.15. The van der Waals surface area contributed by atoms with Crippen LogP contribution in [0.5, 0.6) is 0 Å². The van der Waals surface area contributed by atoms with Gasteiger partial charge in [0, 0.05) is 4.92 Å². The molecule has 6 nitrogen and oxygen atoms in total. The van der Waals surface area contributed by atoms with Crippen LogP contribution in [0.4, 0.5) is 0 Å². The highest BCUT2D eigenvalue weighted by molar-refractivity contribution is 7.86. The summed E-state index contributed by atoms with van der Waals surface area (Å²) in [4.78, 5) is 9.36. The maximum atomic E-state index is 11.5. The molecule has 0 saturated carbocycles. The number of hydrogen-bond donors (Lipinski definition) is 0. The first-order chi connectivity index (χ1) is 7.42. The molecule has 7 heteroatoms. The minimum Gasteiger partial charge on any atom is -0.264 e. The number of hydrogen-bond acceptors (Lipinski definition) is 5. The first-order valence-electron chi connectivity index (χ1n) is 4.50. The summed E-state index contributed by atoms with van der Waals surface area (Å²) < 4.78 is 27.5. The molecule has 0 N–H and O–H groups in total. The first kappa shape index (κ1) is 12.6. The molecule has 0 unspecified atom stereocenters. The largest absolute Gasteiger partial charge is 0.297 e. The number of rotatable bonds is 5. The first-order valence-corrected chi connectivity index (χ1v) is 5.90. The van der Waals surface area contributed by atoms with Crippen LogP contribution in [0.15, 0.2) is 29.2 Å². The molecular formula is C9H11NO5S. The molecule has 0 spiro atoms. The Morgan fingerprint density at radius 2 is 1.88 bits per heavy atom. The summed E-state index contributed by atoms with van der Waals surface area (Å²) >= 11 is 0. The van der Waals surface area contributed by atoms with E-state index in [0.717, 1.165) is 5.56 Å². The summed E-state index contributed by atoms with van der Waals surface area (Å²) in [6.07, 6.45) is 0. The van der Waals surface area contributed by atoms with E-state index >= 15 is 0 Å². The average molecular weight is 245 g/mol. The van der Waals surface area contributed by atoms with E-state index in [-0.39, 0.29) is 4.90 Å². The maximum absolute atomic E-state index is 11.5. The van der Waals surface area contributed by atoms with E-state index in [1.165, 1.54) is 12.1 Å². The molecule has 0 bridgehead atoms. The molecule has 1 aromatic rings. The van der Waals surface area contributed by atoms with Gasteiger partial charge in [-0.25, -0.2) is 0 Å². The molecular weight excluding hydrogens is 234 g/mol. The molecule has 0 aliphatic heterocycles. The van der Waals surface area contributed by atoms with Gasteiger partial charge in [0.25, 0.3) is 10.1 Å². The van der Waals surface area contributed by atoms with Crippen molar-refractivity contribution >= 4 is 10.1 Å². The van der Waals surface area contributed by atoms with Crippen molar-refractivity contribution in [2.75, 3.05) is 13.2 Å². The van der Waals surface area contributed by atoms with Crippen LogP contribution in [-0.4, -0.2) is 26.5 Å². The Morgan fingerprint density at radius 3 is 2.38 bits per heavy atom. The highest BCUT2D eigenvalue weighted by Gasteiger charge is 2.15. The third kappa shape index (κ3) is 3.59. The van der Waals surface area contributed by atoms with E-state index in [1.807, 2.05) is 6.92 Å². The van der Waals surface area contributed by atoms with Crippen LogP contribution in [0, 0.1) is 17.0 Å². The van der Waals surface area contributed by atoms with E-state index < -0.39 is 28.2 Å². The quantitative estimate of drug-likeness (QED) is 0.438. The van der Waals surface area contributed by atoms with Crippen LogP contribution >= 0.6 is 0 Å². The van der Waals surface area contributed by atoms with Gasteiger partial charge in [0.2, 0.25) is 6.54 Å². The zero-order valence-corrected chi connectivity index (χ0v) is 9.44. The number of nitrogens with zero attached hydrogens (tertiary/aromatic N) is 1. The number of benzene rings is 1. The van der Waals surface area contributed by atoms with Crippen molar-refractivity contribution in [1.82, 2.24) is 0 Å². The van der Waals surface area contributed by atoms with Crippen molar-refractivity contribution < 1.29 is 17.5 Å². The third-order valence-electron chi connectivity index (χ3n) is 1.82. The second kappa shape index (κ2) is 5.04. The van der Waals surface area contributed by atoms with Crippen LogP contribution in [0.2, 0.25) is 0 Å². The maximum Gasteiger partial charge on any atom is 0.297 e. The normalized spacial score (nSPS) is 11.3. The molecule has 0 radical (unpaired) electrons. The second-order valence-corrected chi connectivity index (χ2v) is 4.76. The minimum atomic E-state index is -3.88. The fraction of sp³-hybridized carbons (Fsp3) is 0.333.